The Morgan fingerprint density at radius 3 is 2.38 bits per heavy atom. The number of hydrogen-bond donors (Lipinski definition) is 1. The fourth-order valence-corrected chi connectivity index (χ4v) is 3.67. The van der Waals surface area contributed by atoms with Crippen molar-refractivity contribution < 1.29 is 23.7 Å². The normalized spacial score (nSPS) is 14.2. The van der Waals surface area contributed by atoms with Crippen LogP contribution in [-0.4, -0.2) is 71.5 Å². The molecule has 0 radical (unpaired) electrons. The number of carbonyl (C=O) groups is 1. The minimum atomic E-state index is -0.100. The SMILES string of the molecule is COc1cc(-c2cc(C(=O)N3CCC(Oc4ccncn4)CC3)[nH]n2)cc(OC)c1OC. The number of aromatic amines is 1. The lowest BCUT2D eigenvalue weighted by Gasteiger charge is -2.31. The van der Waals surface area contributed by atoms with Crippen molar-refractivity contribution in [2.24, 2.45) is 0 Å². The van der Waals surface area contributed by atoms with E-state index in [0.717, 1.165) is 18.4 Å². The Balaban J connectivity index is 1.43. The minimum Gasteiger partial charge on any atom is -0.493 e. The van der Waals surface area contributed by atoms with Gasteiger partial charge in [0.1, 0.15) is 18.1 Å². The second-order valence-corrected chi connectivity index (χ2v) is 7.24. The second-order valence-electron chi connectivity index (χ2n) is 7.24. The fourth-order valence-electron chi connectivity index (χ4n) is 3.67. The molecular formula is C22H25N5O5. The summed E-state index contributed by atoms with van der Waals surface area (Å²) in [6.07, 6.45) is 4.57. The van der Waals surface area contributed by atoms with Gasteiger partial charge in [-0.2, -0.15) is 5.10 Å². The van der Waals surface area contributed by atoms with Crippen LogP contribution in [0, 0.1) is 0 Å². The van der Waals surface area contributed by atoms with Crippen LogP contribution in [-0.2, 0) is 0 Å². The van der Waals surface area contributed by atoms with Crippen molar-refractivity contribution in [1.29, 1.82) is 0 Å². The molecule has 0 unspecified atom stereocenters. The predicted molar refractivity (Wildman–Crippen MR) is 115 cm³/mol. The number of nitrogens with one attached hydrogen (secondary N) is 1. The molecular weight excluding hydrogens is 414 g/mol. The first-order valence-electron chi connectivity index (χ1n) is 10.2. The molecule has 1 amide bonds. The van der Waals surface area contributed by atoms with Gasteiger partial charge in [0, 0.05) is 43.8 Å². The number of carbonyl (C=O) groups excluding carboxylic acids is 1. The smallest absolute Gasteiger partial charge is 0.271 e. The van der Waals surface area contributed by atoms with E-state index in [9.17, 15) is 4.79 Å². The van der Waals surface area contributed by atoms with Crippen molar-refractivity contribution >= 4 is 5.91 Å². The molecule has 0 saturated carbocycles. The van der Waals surface area contributed by atoms with Gasteiger partial charge < -0.3 is 23.8 Å². The van der Waals surface area contributed by atoms with Crippen LogP contribution in [0.2, 0.25) is 0 Å². The van der Waals surface area contributed by atoms with Gasteiger partial charge in [0.05, 0.1) is 27.0 Å². The zero-order valence-electron chi connectivity index (χ0n) is 18.2. The van der Waals surface area contributed by atoms with Crippen LogP contribution in [0.4, 0.5) is 0 Å². The van der Waals surface area contributed by atoms with Crippen LogP contribution in [0.15, 0.2) is 36.8 Å². The molecule has 1 N–H and O–H groups in total. The molecule has 0 atom stereocenters. The zero-order chi connectivity index (χ0) is 22.5. The fraction of sp³-hybridized carbons (Fsp3) is 0.364. The monoisotopic (exact) mass is 439 g/mol. The van der Waals surface area contributed by atoms with E-state index in [2.05, 4.69) is 20.2 Å². The average molecular weight is 439 g/mol. The van der Waals surface area contributed by atoms with Crippen molar-refractivity contribution in [2.75, 3.05) is 34.4 Å². The zero-order valence-corrected chi connectivity index (χ0v) is 18.2. The van der Waals surface area contributed by atoms with Gasteiger partial charge in [0.15, 0.2) is 11.5 Å². The number of H-pyrrole nitrogens is 1. The third kappa shape index (κ3) is 4.43. The van der Waals surface area contributed by atoms with Crippen molar-refractivity contribution in [3.8, 4) is 34.4 Å². The van der Waals surface area contributed by atoms with Gasteiger partial charge in [0.25, 0.3) is 5.91 Å². The number of methoxy groups -OCH3 is 3. The number of rotatable bonds is 7. The number of hydrogen-bond acceptors (Lipinski definition) is 8. The molecule has 1 aliphatic heterocycles. The van der Waals surface area contributed by atoms with E-state index in [1.807, 2.05) is 0 Å². The summed E-state index contributed by atoms with van der Waals surface area (Å²) in [5.74, 6) is 1.98. The Kier molecular flexibility index (Phi) is 6.39. The molecule has 1 aliphatic rings. The van der Waals surface area contributed by atoms with Gasteiger partial charge in [-0.3, -0.25) is 9.89 Å². The van der Waals surface area contributed by atoms with Crippen LogP contribution < -0.4 is 18.9 Å². The summed E-state index contributed by atoms with van der Waals surface area (Å²) in [7, 11) is 4.66. The first-order chi connectivity index (χ1) is 15.6. The number of ether oxygens (including phenoxy) is 4. The highest BCUT2D eigenvalue weighted by Crippen LogP contribution is 2.40. The van der Waals surface area contributed by atoms with Gasteiger partial charge >= 0.3 is 0 Å². The van der Waals surface area contributed by atoms with Gasteiger partial charge in [-0.05, 0) is 18.2 Å². The van der Waals surface area contributed by atoms with Crippen molar-refractivity contribution in [1.82, 2.24) is 25.1 Å². The molecule has 10 heteroatoms. The molecule has 0 aliphatic carbocycles. The molecule has 0 bridgehead atoms. The second kappa shape index (κ2) is 9.54. The van der Waals surface area contributed by atoms with Gasteiger partial charge in [-0.25, -0.2) is 9.97 Å². The highest BCUT2D eigenvalue weighted by Gasteiger charge is 2.26. The van der Waals surface area contributed by atoms with Gasteiger partial charge in [-0.15, -0.1) is 0 Å². The van der Waals surface area contributed by atoms with Crippen molar-refractivity contribution in [3.63, 3.8) is 0 Å². The van der Waals surface area contributed by atoms with Crippen molar-refractivity contribution in [2.45, 2.75) is 18.9 Å². The van der Waals surface area contributed by atoms with E-state index in [-0.39, 0.29) is 12.0 Å². The maximum atomic E-state index is 13.0. The molecule has 168 valence electrons. The number of piperidine rings is 1. The predicted octanol–water partition coefficient (Wildman–Crippen LogP) is 2.58. The van der Waals surface area contributed by atoms with Crippen LogP contribution >= 0.6 is 0 Å². The number of amides is 1. The van der Waals surface area contributed by atoms with Crippen LogP contribution in [0.5, 0.6) is 23.1 Å². The molecule has 1 fully saturated rings. The Hall–Kier alpha value is -3.82. The number of nitrogens with zero attached hydrogens (tertiary/aromatic N) is 4. The van der Waals surface area contributed by atoms with E-state index in [1.54, 1.807) is 56.7 Å². The highest BCUT2D eigenvalue weighted by molar-refractivity contribution is 5.93. The molecule has 32 heavy (non-hydrogen) atoms. The third-order valence-electron chi connectivity index (χ3n) is 5.34. The molecule has 1 saturated heterocycles. The number of likely N-dealkylation sites (tertiary alicyclic amines) is 1. The maximum Gasteiger partial charge on any atom is 0.271 e. The summed E-state index contributed by atoms with van der Waals surface area (Å²) in [6.45, 7) is 1.18. The number of benzene rings is 1. The van der Waals surface area contributed by atoms with Crippen LogP contribution in [0.25, 0.3) is 11.3 Å². The topological polar surface area (TPSA) is 112 Å². The van der Waals surface area contributed by atoms with E-state index >= 15 is 0 Å². The summed E-state index contributed by atoms with van der Waals surface area (Å²) >= 11 is 0. The number of aromatic nitrogens is 4. The van der Waals surface area contributed by atoms with E-state index in [4.69, 9.17) is 18.9 Å². The van der Waals surface area contributed by atoms with E-state index in [0.29, 0.717) is 47.6 Å². The maximum absolute atomic E-state index is 13.0. The highest BCUT2D eigenvalue weighted by atomic mass is 16.5. The lowest BCUT2D eigenvalue weighted by molar-refractivity contribution is 0.0582. The largest absolute Gasteiger partial charge is 0.493 e. The summed E-state index contributed by atoms with van der Waals surface area (Å²) < 4.78 is 22.0. The van der Waals surface area contributed by atoms with E-state index < -0.39 is 0 Å². The molecule has 2 aromatic heterocycles. The summed E-state index contributed by atoms with van der Waals surface area (Å²) in [5.41, 5.74) is 1.77. The lowest BCUT2D eigenvalue weighted by atomic mass is 10.1. The van der Waals surface area contributed by atoms with Crippen LogP contribution in [0.3, 0.4) is 0 Å². The van der Waals surface area contributed by atoms with Crippen molar-refractivity contribution in [3.05, 3.63) is 42.5 Å². The third-order valence-corrected chi connectivity index (χ3v) is 5.34. The molecule has 3 heterocycles. The molecule has 1 aromatic carbocycles. The Morgan fingerprint density at radius 1 is 1.06 bits per heavy atom. The Labute approximate surface area is 185 Å². The summed E-state index contributed by atoms with van der Waals surface area (Å²) in [4.78, 5) is 22.8. The molecule has 0 spiro atoms. The van der Waals surface area contributed by atoms with Gasteiger partial charge in [0.2, 0.25) is 11.6 Å². The lowest BCUT2D eigenvalue weighted by Crippen LogP contribution is -2.42. The average Bonchev–Trinajstić information content (AvgIpc) is 3.34. The molecule has 4 rings (SSSR count). The molecule has 10 nitrogen and oxygen atoms in total. The molecule has 3 aromatic rings. The standard InChI is InChI=1S/C22H25N5O5/c1-29-18-10-14(11-19(30-2)21(18)31-3)16-12-17(26-25-16)22(28)27-8-5-15(6-9-27)32-20-4-7-23-13-24-20/h4,7,10-13,15H,5-6,8-9H2,1-3H3,(H,25,26). The van der Waals surface area contributed by atoms with E-state index in [1.165, 1.54) is 6.33 Å². The summed E-state index contributed by atoms with van der Waals surface area (Å²) in [5, 5.41) is 7.17. The Morgan fingerprint density at radius 2 is 1.78 bits per heavy atom. The first kappa shape index (κ1) is 21.4. The summed E-state index contributed by atoms with van der Waals surface area (Å²) in [6, 6.07) is 7.04. The quantitative estimate of drug-likeness (QED) is 0.598. The Bertz CT molecular complexity index is 1040. The van der Waals surface area contributed by atoms with Crippen LogP contribution in [0.1, 0.15) is 23.3 Å². The first-order valence-corrected chi connectivity index (χ1v) is 10.2. The van der Waals surface area contributed by atoms with Gasteiger partial charge in [-0.1, -0.05) is 0 Å². The minimum absolute atomic E-state index is 0.0190.